The summed E-state index contributed by atoms with van der Waals surface area (Å²) in [7, 11) is 0. The Hall–Kier alpha value is -3.98. The average Bonchev–Trinajstić information content (AvgIpc) is 3.59. The SMILES string of the molecule is C=Cc1c(OCC(C)C(CC)CC/C(C)=C/CCc2c3c(cc(C)c2/C=C\C)OC(=C)C=C3)cc2c(c1OC/C=C(\C)CCC(C)C(C)(C)C)C=CC2. The van der Waals surface area contributed by atoms with Crippen LogP contribution in [0.3, 0.4) is 0 Å². The van der Waals surface area contributed by atoms with E-state index in [1.807, 2.05) is 12.2 Å². The molecule has 1 aliphatic heterocycles. The first-order chi connectivity index (χ1) is 25.3. The van der Waals surface area contributed by atoms with Gasteiger partial charge in [0.2, 0.25) is 0 Å². The highest BCUT2D eigenvalue weighted by molar-refractivity contribution is 5.77. The van der Waals surface area contributed by atoms with E-state index in [0.29, 0.717) is 42.1 Å². The van der Waals surface area contributed by atoms with Gasteiger partial charge in [-0.2, -0.15) is 0 Å². The van der Waals surface area contributed by atoms with Crippen LogP contribution in [0.5, 0.6) is 17.2 Å². The molecule has 3 unspecified atom stereocenters. The molecule has 0 saturated carbocycles. The zero-order chi connectivity index (χ0) is 38.7. The van der Waals surface area contributed by atoms with E-state index in [4.69, 9.17) is 14.2 Å². The van der Waals surface area contributed by atoms with E-state index >= 15 is 0 Å². The lowest BCUT2D eigenvalue weighted by Crippen LogP contribution is -2.19. The Balaban J connectivity index is 1.36. The van der Waals surface area contributed by atoms with Crippen LogP contribution in [0.15, 0.2) is 72.6 Å². The van der Waals surface area contributed by atoms with Gasteiger partial charge in [0.25, 0.3) is 0 Å². The molecule has 0 bridgehead atoms. The normalized spacial score (nSPS) is 16.0. The summed E-state index contributed by atoms with van der Waals surface area (Å²) in [5.41, 5.74) is 11.6. The Kier molecular flexibility index (Phi) is 15.3. The second-order valence-corrected chi connectivity index (χ2v) is 16.7. The lowest BCUT2D eigenvalue weighted by atomic mass is 9.79. The molecule has 0 saturated heterocycles. The van der Waals surface area contributed by atoms with Crippen LogP contribution in [0.4, 0.5) is 0 Å². The van der Waals surface area contributed by atoms with Crippen molar-refractivity contribution in [2.45, 2.75) is 121 Å². The van der Waals surface area contributed by atoms with Crippen molar-refractivity contribution in [2.24, 2.45) is 23.2 Å². The molecule has 53 heavy (non-hydrogen) atoms. The van der Waals surface area contributed by atoms with Crippen molar-refractivity contribution in [1.29, 1.82) is 0 Å². The van der Waals surface area contributed by atoms with Gasteiger partial charge in [-0.25, -0.2) is 0 Å². The monoisotopic (exact) mass is 717 g/mol. The highest BCUT2D eigenvalue weighted by Gasteiger charge is 2.23. The summed E-state index contributed by atoms with van der Waals surface area (Å²) in [6, 6.07) is 4.35. The number of hydrogen-bond donors (Lipinski definition) is 0. The van der Waals surface area contributed by atoms with Gasteiger partial charge in [0.1, 0.15) is 29.6 Å². The predicted molar refractivity (Wildman–Crippen MR) is 231 cm³/mol. The number of rotatable bonds is 19. The molecule has 4 rings (SSSR count). The third kappa shape index (κ3) is 11.3. The Labute approximate surface area is 323 Å². The van der Waals surface area contributed by atoms with E-state index in [9.17, 15) is 0 Å². The molecule has 0 fully saturated rings. The van der Waals surface area contributed by atoms with Gasteiger partial charge < -0.3 is 14.2 Å². The molecule has 2 aromatic rings. The first kappa shape index (κ1) is 41.8. The van der Waals surface area contributed by atoms with E-state index in [2.05, 4.69) is 137 Å². The van der Waals surface area contributed by atoms with Gasteiger partial charge >= 0.3 is 0 Å². The number of benzene rings is 2. The average molecular weight is 717 g/mol. The molecule has 0 amide bonds. The summed E-state index contributed by atoms with van der Waals surface area (Å²) >= 11 is 0. The van der Waals surface area contributed by atoms with Crippen molar-refractivity contribution in [2.75, 3.05) is 13.2 Å². The molecule has 2 aliphatic rings. The van der Waals surface area contributed by atoms with Crippen molar-refractivity contribution in [1.82, 2.24) is 0 Å². The largest absolute Gasteiger partial charge is 0.493 e. The van der Waals surface area contributed by atoms with Gasteiger partial charge in [-0.05, 0) is 148 Å². The molecule has 3 heteroatoms. The van der Waals surface area contributed by atoms with Crippen molar-refractivity contribution in [3.8, 4) is 17.2 Å². The number of aryl methyl sites for hydroxylation is 1. The third-order valence-electron chi connectivity index (χ3n) is 11.7. The highest BCUT2D eigenvalue weighted by Crippen LogP contribution is 2.41. The topological polar surface area (TPSA) is 27.7 Å². The van der Waals surface area contributed by atoms with E-state index in [1.165, 1.54) is 45.4 Å². The molecular weight excluding hydrogens is 649 g/mol. The molecular formula is C50H68O3. The van der Waals surface area contributed by atoms with Crippen LogP contribution in [0.2, 0.25) is 0 Å². The molecule has 0 radical (unpaired) electrons. The smallest absolute Gasteiger partial charge is 0.138 e. The number of ether oxygens (including phenoxy) is 3. The quantitative estimate of drug-likeness (QED) is 0.135. The van der Waals surface area contributed by atoms with E-state index in [1.54, 1.807) is 0 Å². The van der Waals surface area contributed by atoms with E-state index in [0.717, 1.165) is 73.3 Å². The fraction of sp³-hybridized carbons (Fsp3) is 0.480. The lowest BCUT2D eigenvalue weighted by molar-refractivity contribution is 0.195. The zero-order valence-corrected chi connectivity index (χ0v) is 34.8. The minimum absolute atomic E-state index is 0.332. The highest BCUT2D eigenvalue weighted by atomic mass is 16.5. The second-order valence-electron chi connectivity index (χ2n) is 16.7. The van der Waals surface area contributed by atoms with E-state index in [-0.39, 0.29) is 0 Å². The fourth-order valence-corrected chi connectivity index (χ4v) is 7.48. The third-order valence-corrected chi connectivity index (χ3v) is 11.7. The summed E-state index contributed by atoms with van der Waals surface area (Å²) < 4.78 is 19.1. The predicted octanol–water partition coefficient (Wildman–Crippen LogP) is 14.3. The number of hydrogen-bond acceptors (Lipinski definition) is 3. The zero-order valence-electron chi connectivity index (χ0n) is 34.8. The molecule has 2 aromatic carbocycles. The van der Waals surface area contributed by atoms with Crippen LogP contribution in [0, 0.1) is 30.1 Å². The molecule has 1 aliphatic carbocycles. The second kappa shape index (κ2) is 19.4. The minimum atomic E-state index is 0.332. The van der Waals surface area contributed by atoms with Crippen molar-refractivity contribution >= 4 is 24.3 Å². The van der Waals surface area contributed by atoms with Crippen LogP contribution in [0.25, 0.3) is 24.3 Å². The van der Waals surface area contributed by atoms with Gasteiger partial charge in [-0.15, -0.1) is 0 Å². The van der Waals surface area contributed by atoms with E-state index < -0.39 is 0 Å². The summed E-state index contributed by atoms with van der Waals surface area (Å²) in [5.74, 6) is 5.06. The Morgan fingerprint density at radius 3 is 2.40 bits per heavy atom. The maximum atomic E-state index is 6.64. The molecule has 3 nitrogen and oxygen atoms in total. The number of fused-ring (bicyclic) bond motifs is 2. The van der Waals surface area contributed by atoms with Crippen molar-refractivity contribution in [3.05, 3.63) is 112 Å². The first-order valence-electron chi connectivity index (χ1n) is 20.2. The molecule has 0 N–H and O–H groups in total. The summed E-state index contributed by atoms with van der Waals surface area (Å²) in [6.07, 6.45) is 28.0. The van der Waals surface area contributed by atoms with Crippen LogP contribution in [-0.2, 0) is 12.8 Å². The first-order valence-corrected chi connectivity index (χ1v) is 20.2. The van der Waals surface area contributed by atoms with Gasteiger partial charge in [-0.1, -0.05) is 109 Å². The maximum absolute atomic E-state index is 6.64. The Bertz CT molecular complexity index is 1750. The van der Waals surface area contributed by atoms with Crippen LogP contribution >= 0.6 is 0 Å². The van der Waals surface area contributed by atoms with Crippen LogP contribution in [0.1, 0.15) is 140 Å². The van der Waals surface area contributed by atoms with Crippen molar-refractivity contribution < 1.29 is 14.2 Å². The molecule has 0 aromatic heterocycles. The Morgan fingerprint density at radius 1 is 0.962 bits per heavy atom. The fourth-order valence-electron chi connectivity index (χ4n) is 7.48. The summed E-state index contributed by atoms with van der Waals surface area (Å²) in [5, 5.41) is 0. The molecule has 0 spiro atoms. The standard InChI is InChI=1S/C50H68O3/c1-13-18-43-36(6)31-48-46(28-26-39(9)53-48)45(43)22-16-19-34(4)24-27-40(14-2)37(7)33-52-47-32-41-20-17-21-44(41)49(42(47)15-3)51-30-29-35(5)23-25-38(8)50(10,11)12/h13,15,17-19,21,26,28-29,31-32,37-38,40H,3,9,14,16,20,22-25,27,30,33H2,1-2,4-8,10-12H3/b18-13-,34-19+,35-29+. The molecule has 286 valence electrons. The maximum Gasteiger partial charge on any atom is 0.138 e. The lowest BCUT2D eigenvalue weighted by Gasteiger charge is -2.27. The van der Waals surface area contributed by atoms with Crippen LogP contribution in [-0.4, -0.2) is 13.2 Å². The van der Waals surface area contributed by atoms with Gasteiger partial charge in [-0.3, -0.25) is 0 Å². The van der Waals surface area contributed by atoms with Gasteiger partial charge in [0.05, 0.1) is 12.2 Å². The summed E-state index contributed by atoms with van der Waals surface area (Å²) in [4.78, 5) is 0. The van der Waals surface area contributed by atoms with Gasteiger partial charge in [0, 0.05) is 11.1 Å². The van der Waals surface area contributed by atoms with Gasteiger partial charge in [0.15, 0.2) is 0 Å². The summed E-state index contributed by atoms with van der Waals surface area (Å²) in [6.45, 7) is 32.2. The minimum Gasteiger partial charge on any atom is -0.493 e. The molecule has 1 heterocycles. The molecule has 3 atom stereocenters. The number of allylic oxidation sites excluding steroid dienone is 6. The van der Waals surface area contributed by atoms with Crippen molar-refractivity contribution in [3.63, 3.8) is 0 Å². The van der Waals surface area contributed by atoms with Crippen LogP contribution < -0.4 is 14.2 Å². The Morgan fingerprint density at radius 2 is 1.70 bits per heavy atom.